The molecule has 0 atom stereocenters. The number of tetrazole rings is 1. The van der Waals surface area contributed by atoms with Crippen molar-refractivity contribution < 1.29 is 9.53 Å². The zero-order valence-corrected chi connectivity index (χ0v) is 6.87. The Kier molecular flexibility index (Phi) is 2.75. The second-order valence-electron chi connectivity index (χ2n) is 1.90. The van der Waals surface area contributed by atoms with E-state index in [1.54, 1.807) is 0 Å². The first kappa shape index (κ1) is 8.65. The molecule has 0 aliphatic heterocycles. The van der Waals surface area contributed by atoms with Gasteiger partial charge in [0.1, 0.15) is 6.61 Å². The lowest BCUT2D eigenvalue weighted by Crippen LogP contribution is -2.17. The Balaban J connectivity index is 2.39. The molecule has 8 heteroatoms. The fraction of sp³-hybridized carbons (Fsp3) is 0.500. The predicted molar refractivity (Wildman–Crippen MR) is 40.7 cm³/mol. The van der Waals surface area contributed by atoms with Crippen molar-refractivity contribution in [3.05, 3.63) is 4.77 Å². The molecule has 3 N–H and O–H groups in total. The van der Waals surface area contributed by atoms with Gasteiger partial charge in [0.05, 0.1) is 6.54 Å². The molecule has 1 aromatic heterocycles. The van der Waals surface area contributed by atoms with Crippen LogP contribution in [0.3, 0.4) is 0 Å². The van der Waals surface area contributed by atoms with Crippen molar-refractivity contribution in [1.82, 2.24) is 20.2 Å². The van der Waals surface area contributed by atoms with Gasteiger partial charge < -0.3 is 10.5 Å². The lowest BCUT2D eigenvalue weighted by atomic mass is 10.7. The smallest absolute Gasteiger partial charge is 0.404 e. The summed E-state index contributed by atoms with van der Waals surface area (Å²) in [5.74, 6) is 0. The van der Waals surface area contributed by atoms with E-state index >= 15 is 0 Å². The zero-order valence-electron chi connectivity index (χ0n) is 6.06. The third-order valence-corrected chi connectivity index (χ3v) is 1.39. The van der Waals surface area contributed by atoms with E-state index in [2.05, 4.69) is 20.3 Å². The molecule has 0 aliphatic carbocycles. The van der Waals surface area contributed by atoms with Crippen LogP contribution >= 0.6 is 12.2 Å². The second kappa shape index (κ2) is 3.81. The molecule has 1 aromatic rings. The van der Waals surface area contributed by atoms with Crippen LogP contribution in [-0.4, -0.2) is 32.9 Å². The summed E-state index contributed by atoms with van der Waals surface area (Å²) in [6, 6.07) is 0. The highest BCUT2D eigenvalue weighted by atomic mass is 32.1. The van der Waals surface area contributed by atoms with Gasteiger partial charge in [-0.25, -0.2) is 9.48 Å². The Hall–Kier alpha value is -1.44. The van der Waals surface area contributed by atoms with E-state index in [0.717, 1.165) is 0 Å². The van der Waals surface area contributed by atoms with Crippen LogP contribution in [-0.2, 0) is 11.3 Å². The van der Waals surface area contributed by atoms with Gasteiger partial charge in [-0.15, -0.1) is 0 Å². The summed E-state index contributed by atoms with van der Waals surface area (Å²) in [5, 5.41) is 9.44. The van der Waals surface area contributed by atoms with Crippen LogP contribution in [0.1, 0.15) is 0 Å². The first-order chi connectivity index (χ1) is 5.70. The summed E-state index contributed by atoms with van der Waals surface area (Å²) in [6.45, 7) is 0.516. The van der Waals surface area contributed by atoms with Gasteiger partial charge in [0, 0.05) is 0 Å². The number of carbonyl (C=O) groups is 1. The maximum absolute atomic E-state index is 10.1. The summed E-state index contributed by atoms with van der Waals surface area (Å²) in [6.07, 6.45) is -0.811. The molecule has 0 spiro atoms. The van der Waals surface area contributed by atoms with Crippen molar-refractivity contribution in [2.75, 3.05) is 6.61 Å². The Morgan fingerprint density at radius 3 is 3.08 bits per heavy atom. The Morgan fingerprint density at radius 1 is 1.83 bits per heavy atom. The molecular weight excluding hydrogens is 182 g/mol. The molecule has 0 radical (unpaired) electrons. The number of amides is 1. The zero-order chi connectivity index (χ0) is 8.97. The van der Waals surface area contributed by atoms with Gasteiger partial charge in [0.2, 0.25) is 4.77 Å². The van der Waals surface area contributed by atoms with Crippen LogP contribution in [0.15, 0.2) is 0 Å². The topological polar surface area (TPSA) is 98.8 Å². The molecule has 66 valence electrons. The Morgan fingerprint density at radius 2 is 2.58 bits per heavy atom. The van der Waals surface area contributed by atoms with E-state index in [9.17, 15) is 4.79 Å². The molecule has 0 saturated heterocycles. The minimum absolute atomic E-state index is 0.146. The van der Waals surface area contributed by atoms with E-state index in [0.29, 0.717) is 11.3 Å². The SMILES string of the molecule is NC(=O)OCCn1[nH]nnc1=S. The van der Waals surface area contributed by atoms with Crippen molar-refractivity contribution in [1.29, 1.82) is 0 Å². The molecule has 0 unspecified atom stereocenters. The normalized spacial score (nSPS) is 9.67. The Bertz CT molecular complexity index is 317. The number of primary amides is 1. The second-order valence-corrected chi connectivity index (χ2v) is 2.27. The molecule has 1 amide bonds. The summed E-state index contributed by atoms with van der Waals surface area (Å²) >= 11 is 4.75. The van der Waals surface area contributed by atoms with Crippen molar-refractivity contribution in [2.45, 2.75) is 6.54 Å². The van der Waals surface area contributed by atoms with Crippen molar-refractivity contribution in [3.63, 3.8) is 0 Å². The van der Waals surface area contributed by atoms with Crippen molar-refractivity contribution in [3.8, 4) is 0 Å². The third kappa shape index (κ3) is 2.31. The van der Waals surface area contributed by atoms with Crippen LogP contribution < -0.4 is 5.73 Å². The van der Waals surface area contributed by atoms with E-state index in [4.69, 9.17) is 18.0 Å². The number of nitrogens with one attached hydrogen (secondary N) is 1. The minimum atomic E-state index is -0.811. The van der Waals surface area contributed by atoms with E-state index in [1.807, 2.05) is 0 Å². The summed E-state index contributed by atoms with van der Waals surface area (Å²) in [4.78, 5) is 10.1. The van der Waals surface area contributed by atoms with Gasteiger partial charge in [-0.2, -0.15) is 5.21 Å². The molecule has 1 rings (SSSR count). The molecule has 0 aliphatic rings. The number of nitrogens with zero attached hydrogens (tertiary/aromatic N) is 3. The van der Waals surface area contributed by atoms with E-state index in [-0.39, 0.29) is 6.61 Å². The summed E-state index contributed by atoms with van der Waals surface area (Å²) in [5.41, 5.74) is 4.73. The molecule has 0 bridgehead atoms. The first-order valence-corrected chi connectivity index (χ1v) is 3.51. The number of H-pyrrole nitrogens is 1. The number of aromatic amines is 1. The quantitative estimate of drug-likeness (QED) is 0.620. The average molecular weight is 189 g/mol. The fourth-order valence-corrected chi connectivity index (χ4v) is 0.772. The van der Waals surface area contributed by atoms with Crippen LogP contribution in [0, 0.1) is 4.77 Å². The van der Waals surface area contributed by atoms with Crippen LogP contribution in [0.5, 0.6) is 0 Å². The molecule has 0 aromatic carbocycles. The minimum Gasteiger partial charge on any atom is -0.448 e. The number of hydrogen-bond donors (Lipinski definition) is 2. The molecule has 0 saturated carbocycles. The van der Waals surface area contributed by atoms with Gasteiger partial charge in [0.15, 0.2) is 0 Å². The predicted octanol–water partition coefficient (Wildman–Crippen LogP) is -0.569. The lowest BCUT2D eigenvalue weighted by molar-refractivity contribution is 0.150. The number of carbonyl (C=O) groups excluding carboxylic acids is 1. The maximum atomic E-state index is 10.1. The van der Waals surface area contributed by atoms with Gasteiger partial charge in [-0.05, 0) is 12.2 Å². The standard InChI is InChI=1S/C4H7N5O2S/c5-3(10)11-2-1-9-4(12)6-7-8-9/h1-2H2,(H2,5,10)(H,6,8,12). The first-order valence-electron chi connectivity index (χ1n) is 3.10. The number of aromatic nitrogens is 4. The highest BCUT2D eigenvalue weighted by molar-refractivity contribution is 7.71. The number of nitrogens with two attached hydrogens (primary N) is 1. The number of ether oxygens (including phenoxy) is 1. The van der Waals surface area contributed by atoms with Gasteiger partial charge in [-0.1, -0.05) is 10.3 Å². The monoisotopic (exact) mass is 189 g/mol. The average Bonchev–Trinajstić information content (AvgIpc) is 2.36. The summed E-state index contributed by atoms with van der Waals surface area (Å²) < 4.78 is 6.23. The molecular formula is C4H7N5O2S. The summed E-state index contributed by atoms with van der Waals surface area (Å²) in [7, 11) is 0. The third-order valence-electron chi connectivity index (χ3n) is 1.09. The van der Waals surface area contributed by atoms with Gasteiger partial charge >= 0.3 is 6.09 Å². The number of hydrogen-bond acceptors (Lipinski definition) is 5. The highest BCUT2D eigenvalue weighted by Crippen LogP contribution is 1.84. The number of rotatable bonds is 3. The largest absolute Gasteiger partial charge is 0.448 e. The molecule has 12 heavy (non-hydrogen) atoms. The van der Waals surface area contributed by atoms with E-state index in [1.165, 1.54) is 4.68 Å². The maximum Gasteiger partial charge on any atom is 0.404 e. The fourth-order valence-electron chi connectivity index (χ4n) is 0.599. The van der Waals surface area contributed by atoms with Crippen molar-refractivity contribution in [2.24, 2.45) is 5.73 Å². The molecule has 7 nitrogen and oxygen atoms in total. The van der Waals surface area contributed by atoms with Gasteiger partial charge in [-0.3, -0.25) is 0 Å². The van der Waals surface area contributed by atoms with Crippen molar-refractivity contribution >= 4 is 18.3 Å². The van der Waals surface area contributed by atoms with Crippen LogP contribution in [0.4, 0.5) is 4.79 Å². The van der Waals surface area contributed by atoms with E-state index < -0.39 is 6.09 Å². The van der Waals surface area contributed by atoms with Crippen LogP contribution in [0.2, 0.25) is 0 Å². The highest BCUT2D eigenvalue weighted by Gasteiger charge is 1.96. The lowest BCUT2D eigenvalue weighted by Gasteiger charge is -2.00. The van der Waals surface area contributed by atoms with Gasteiger partial charge in [0.25, 0.3) is 0 Å². The van der Waals surface area contributed by atoms with Crippen LogP contribution in [0.25, 0.3) is 0 Å². The Labute approximate surface area is 72.5 Å². The molecule has 1 heterocycles. The molecule has 0 fully saturated rings.